The van der Waals surface area contributed by atoms with Crippen LogP contribution in [0.4, 0.5) is 8.78 Å². The van der Waals surface area contributed by atoms with Gasteiger partial charge < -0.3 is 9.64 Å². The number of hydrogen-bond donors (Lipinski definition) is 0. The summed E-state index contributed by atoms with van der Waals surface area (Å²) < 4.78 is 32.5. The molecule has 2 aromatic carbocycles. The molecule has 0 aliphatic heterocycles. The van der Waals surface area contributed by atoms with E-state index in [9.17, 15) is 8.78 Å². The lowest BCUT2D eigenvalue weighted by Gasteiger charge is -2.21. The number of benzene rings is 2. The van der Waals surface area contributed by atoms with Gasteiger partial charge in [0.15, 0.2) is 11.6 Å². The molecule has 21 heavy (non-hydrogen) atoms. The number of nitrogens with zero attached hydrogens (tertiary/aromatic N) is 1. The second-order valence-corrected chi connectivity index (χ2v) is 5.18. The molecule has 0 saturated heterocycles. The Labute approximate surface area is 124 Å². The van der Waals surface area contributed by atoms with Gasteiger partial charge in [-0.25, -0.2) is 8.78 Å². The minimum absolute atomic E-state index is 0.0732. The van der Waals surface area contributed by atoms with Crippen molar-refractivity contribution < 1.29 is 13.5 Å². The highest BCUT2D eigenvalue weighted by molar-refractivity contribution is 5.27. The van der Waals surface area contributed by atoms with E-state index in [1.807, 2.05) is 49.3 Å². The van der Waals surface area contributed by atoms with Gasteiger partial charge in [0, 0.05) is 19.0 Å². The molecule has 1 atom stereocenters. The number of halogens is 2. The summed E-state index contributed by atoms with van der Waals surface area (Å²) in [4.78, 5) is 2.04. The lowest BCUT2D eigenvalue weighted by atomic mass is 10.1. The molecule has 0 saturated carbocycles. The number of hydrogen-bond acceptors (Lipinski definition) is 2. The second-order valence-electron chi connectivity index (χ2n) is 5.18. The zero-order valence-corrected chi connectivity index (χ0v) is 12.2. The maximum atomic E-state index is 13.7. The van der Waals surface area contributed by atoms with Crippen molar-refractivity contribution in [2.75, 3.05) is 20.6 Å². The van der Waals surface area contributed by atoms with Crippen LogP contribution in [0.25, 0.3) is 0 Å². The average molecular weight is 291 g/mol. The van der Waals surface area contributed by atoms with E-state index < -0.39 is 11.6 Å². The highest BCUT2D eigenvalue weighted by Crippen LogP contribution is 2.27. The van der Waals surface area contributed by atoms with E-state index in [0.717, 1.165) is 18.2 Å². The Bertz CT molecular complexity index is 572. The number of rotatable bonds is 6. The Balaban J connectivity index is 2.19. The number of ether oxygens (including phenoxy) is 1. The molecule has 0 aliphatic carbocycles. The fourth-order valence-corrected chi connectivity index (χ4v) is 2.06. The molecule has 1 unspecified atom stereocenters. The molecule has 0 aliphatic rings. The minimum Gasteiger partial charge on any atom is -0.483 e. The summed E-state index contributed by atoms with van der Waals surface area (Å²) in [6.45, 7) is 0.808. The molecule has 112 valence electrons. The van der Waals surface area contributed by atoms with Crippen LogP contribution < -0.4 is 4.74 Å². The third-order valence-corrected chi connectivity index (χ3v) is 3.17. The van der Waals surface area contributed by atoms with Crippen LogP contribution in [-0.4, -0.2) is 25.5 Å². The largest absolute Gasteiger partial charge is 0.483 e. The molecule has 2 nitrogen and oxygen atoms in total. The first kappa shape index (κ1) is 15.4. The highest BCUT2D eigenvalue weighted by Gasteiger charge is 2.16. The Morgan fingerprint density at radius 3 is 2.38 bits per heavy atom. The van der Waals surface area contributed by atoms with Gasteiger partial charge in [-0.15, -0.1) is 0 Å². The molecule has 0 spiro atoms. The molecular weight excluding hydrogens is 272 g/mol. The lowest BCUT2D eigenvalue weighted by Crippen LogP contribution is -2.19. The first-order valence-electron chi connectivity index (χ1n) is 6.87. The monoisotopic (exact) mass is 291 g/mol. The molecule has 0 heterocycles. The molecule has 0 aromatic heterocycles. The maximum absolute atomic E-state index is 13.7. The smallest absolute Gasteiger partial charge is 0.168 e. The van der Waals surface area contributed by atoms with Crippen LogP contribution in [0.1, 0.15) is 18.1 Å². The fourth-order valence-electron chi connectivity index (χ4n) is 2.06. The Morgan fingerprint density at radius 2 is 1.76 bits per heavy atom. The van der Waals surface area contributed by atoms with Gasteiger partial charge in [-0.1, -0.05) is 30.3 Å². The third kappa shape index (κ3) is 4.53. The van der Waals surface area contributed by atoms with E-state index in [-0.39, 0.29) is 11.9 Å². The van der Waals surface area contributed by atoms with Gasteiger partial charge in [0.2, 0.25) is 0 Å². The molecular formula is C17H19F2NO. The molecule has 2 rings (SSSR count). The summed E-state index contributed by atoms with van der Waals surface area (Å²) in [6.07, 6.45) is 0.446. The van der Waals surface area contributed by atoms with E-state index in [1.54, 1.807) is 0 Å². The van der Waals surface area contributed by atoms with Crippen LogP contribution in [0.5, 0.6) is 5.75 Å². The van der Waals surface area contributed by atoms with E-state index >= 15 is 0 Å². The van der Waals surface area contributed by atoms with Gasteiger partial charge >= 0.3 is 0 Å². The molecule has 0 radical (unpaired) electrons. The Kier molecular flexibility index (Phi) is 5.28. The standard InChI is InChI=1S/C17H19F2NO/c1-20(2)11-10-16(13-6-4-3-5-7-13)21-17-9-8-14(18)12-15(17)19/h3-9,12,16H,10-11H2,1-2H3. The summed E-state index contributed by atoms with van der Waals surface area (Å²) in [5, 5.41) is 0. The fraction of sp³-hybridized carbons (Fsp3) is 0.294. The van der Waals surface area contributed by atoms with Crippen molar-refractivity contribution in [2.24, 2.45) is 0 Å². The van der Waals surface area contributed by atoms with Crippen molar-refractivity contribution in [3.63, 3.8) is 0 Å². The van der Waals surface area contributed by atoms with Crippen molar-refractivity contribution in [3.8, 4) is 5.75 Å². The summed E-state index contributed by atoms with van der Waals surface area (Å²) in [6, 6.07) is 13.0. The van der Waals surface area contributed by atoms with Crippen LogP contribution in [0.3, 0.4) is 0 Å². The quantitative estimate of drug-likeness (QED) is 0.796. The van der Waals surface area contributed by atoms with Crippen molar-refractivity contribution in [1.29, 1.82) is 0 Å². The van der Waals surface area contributed by atoms with E-state index in [0.29, 0.717) is 6.42 Å². The van der Waals surface area contributed by atoms with Crippen molar-refractivity contribution in [1.82, 2.24) is 4.90 Å². The normalized spacial score (nSPS) is 12.4. The molecule has 0 bridgehead atoms. The van der Waals surface area contributed by atoms with Gasteiger partial charge in [-0.05, 0) is 31.8 Å². The van der Waals surface area contributed by atoms with Gasteiger partial charge in [-0.3, -0.25) is 0 Å². The summed E-state index contributed by atoms with van der Waals surface area (Å²) >= 11 is 0. The topological polar surface area (TPSA) is 12.5 Å². The van der Waals surface area contributed by atoms with Gasteiger partial charge in [0.1, 0.15) is 11.9 Å². The minimum atomic E-state index is -0.680. The van der Waals surface area contributed by atoms with Crippen LogP contribution in [-0.2, 0) is 0 Å². The van der Waals surface area contributed by atoms with Crippen LogP contribution in [0.15, 0.2) is 48.5 Å². The van der Waals surface area contributed by atoms with E-state index in [1.165, 1.54) is 12.1 Å². The third-order valence-electron chi connectivity index (χ3n) is 3.17. The van der Waals surface area contributed by atoms with Crippen molar-refractivity contribution in [2.45, 2.75) is 12.5 Å². The van der Waals surface area contributed by atoms with Gasteiger partial charge in [0.05, 0.1) is 0 Å². The zero-order valence-electron chi connectivity index (χ0n) is 12.2. The van der Waals surface area contributed by atoms with Crippen LogP contribution in [0, 0.1) is 11.6 Å². The van der Waals surface area contributed by atoms with E-state index in [2.05, 4.69) is 0 Å². The van der Waals surface area contributed by atoms with Gasteiger partial charge in [-0.2, -0.15) is 0 Å². The second kappa shape index (κ2) is 7.18. The summed E-state index contributed by atoms with van der Waals surface area (Å²) in [5.41, 5.74) is 0.975. The van der Waals surface area contributed by atoms with Crippen molar-refractivity contribution >= 4 is 0 Å². The van der Waals surface area contributed by atoms with Crippen LogP contribution in [0.2, 0.25) is 0 Å². The van der Waals surface area contributed by atoms with Gasteiger partial charge in [0.25, 0.3) is 0 Å². The highest BCUT2D eigenvalue weighted by atomic mass is 19.1. The molecule has 4 heteroatoms. The zero-order chi connectivity index (χ0) is 15.2. The Hall–Kier alpha value is -1.94. The lowest BCUT2D eigenvalue weighted by molar-refractivity contribution is 0.172. The van der Waals surface area contributed by atoms with Crippen LogP contribution >= 0.6 is 0 Å². The molecule has 0 fully saturated rings. The first-order chi connectivity index (χ1) is 10.1. The predicted molar refractivity (Wildman–Crippen MR) is 79.3 cm³/mol. The summed E-state index contributed by atoms with van der Waals surface area (Å²) in [5.74, 6) is -1.21. The van der Waals surface area contributed by atoms with Crippen molar-refractivity contribution in [3.05, 3.63) is 65.7 Å². The SMILES string of the molecule is CN(C)CCC(Oc1ccc(F)cc1F)c1ccccc1. The molecule has 2 aromatic rings. The average Bonchev–Trinajstić information content (AvgIpc) is 2.46. The maximum Gasteiger partial charge on any atom is 0.168 e. The summed E-state index contributed by atoms with van der Waals surface area (Å²) in [7, 11) is 3.95. The Morgan fingerprint density at radius 1 is 1.05 bits per heavy atom. The molecule has 0 N–H and O–H groups in total. The predicted octanol–water partition coefficient (Wildman–Crippen LogP) is 4.04. The molecule has 0 amide bonds. The van der Waals surface area contributed by atoms with E-state index in [4.69, 9.17) is 4.74 Å². The first-order valence-corrected chi connectivity index (χ1v) is 6.87.